The molecule has 1 aromatic rings. The van der Waals surface area contributed by atoms with E-state index in [2.05, 4.69) is 0 Å². The van der Waals surface area contributed by atoms with E-state index in [1.807, 2.05) is 25.1 Å². The molecule has 3 N–H and O–H groups in total. The van der Waals surface area contributed by atoms with Crippen molar-refractivity contribution in [3.05, 3.63) is 29.3 Å². The summed E-state index contributed by atoms with van der Waals surface area (Å²) in [6.45, 7) is 2.41. The summed E-state index contributed by atoms with van der Waals surface area (Å²) in [6.07, 6.45) is 0.991. The molecule has 0 aromatic heterocycles. The van der Waals surface area contributed by atoms with Crippen molar-refractivity contribution in [3.63, 3.8) is 0 Å². The molecular weight excluding hydrogens is 218 g/mol. The molecule has 1 aliphatic rings. The number of hydrogen-bond acceptors (Lipinski definition) is 3. The standard InChI is InChI=1S/C13H17NO3/c1-2-11-10(13(15)16)6-9-4-3-8(7-14)5-12(9)17-11/h3-5,10-11H,2,6-7,14H2,1H3,(H,15,16). The lowest BCUT2D eigenvalue weighted by atomic mass is 9.89. The van der Waals surface area contributed by atoms with Crippen molar-refractivity contribution >= 4 is 5.97 Å². The molecule has 2 atom stereocenters. The first-order chi connectivity index (χ1) is 8.15. The number of carboxylic acid groups (broad SMARTS) is 1. The van der Waals surface area contributed by atoms with Gasteiger partial charge in [0.25, 0.3) is 0 Å². The molecule has 1 aromatic carbocycles. The Labute approximate surface area is 100 Å². The van der Waals surface area contributed by atoms with Gasteiger partial charge >= 0.3 is 5.97 Å². The Balaban J connectivity index is 2.31. The van der Waals surface area contributed by atoms with Crippen LogP contribution in [0.25, 0.3) is 0 Å². The average Bonchev–Trinajstić information content (AvgIpc) is 2.36. The molecule has 0 fully saturated rings. The van der Waals surface area contributed by atoms with Gasteiger partial charge in [-0.15, -0.1) is 0 Å². The molecule has 0 spiro atoms. The maximum Gasteiger partial charge on any atom is 0.310 e. The monoisotopic (exact) mass is 235 g/mol. The summed E-state index contributed by atoms with van der Waals surface area (Å²) in [4.78, 5) is 11.2. The van der Waals surface area contributed by atoms with Gasteiger partial charge < -0.3 is 15.6 Å². The Morgan fingerprint density at radius 3 is 2.94 bits per heavy atom. The van der Waals surface area contributed by atoms with Gasteiger partial charge in [-0.25, -0.2) is 0 Å². The highest BCUT2D eigenvalue weighted by atomic mass is 16.5. The molecule has 0 amide bonds. The van der Waals surface area contributed by atoms with Gasteiger partial charge in [-0.3, -0.25) is 4.79 Å². The number of ether oxygens (including phenoxy) is 1. The number of nitrogens with two attached hydrogens (primary N) is 1. The summed E-state index contributed by atoms with van der Waals surface area (Å²) < 4.78 is 5.76. The van der Waals surface area contributed by atoms with Crippen molar-refractivity contribution in [3.8, 4) is 5.75 Å². The predicted octanol–water partition coefficient (Wildman–Crippen LogP) is 1.56. The molecule has 17 heavy (non-hydrogen) atoms. The van der Waals surface area contributed by atoms with Gasteiger partial charge in [0.15, 0.2) is 0 Å². The lowest BCUT2D eigenvalue weighted by Crippen LogP contribution is -2.37. The normalized spacial score (nSPS) is 22.7. The van der Waals surface area contributed by atoms with Gasteiger partial charge in [0, 0.05) is 6.54 Å². The minimum absolute atomic E-state index is 0.243. The number of aliphatic carboxylic acids is 1. The number of benzene rings is 1. The average molecular weight is 235 g/mol. The van der Waals surface area contributed by atoms with Crippen LogP contribution in [0.2, 0.25) is 0 Å². The van der Waals surface area contributed by atoms with Crippen LogP contribution in [0.15, 0.2) is 18.2 Å². The van der Waals surface area contributed by atoms with Crippen molar-refractivity contribution in [1.29, 1.82) is 0 Å². The molecule has 4 heteroatoms. The zero-order chi connectivity index (χ0) is 12.4. The Morgan fingerprint density at radius 2 is 2.35 bits per heavy atom. The van der Waals surface area contributed by atoms with Crippen molar-refractivity contribution in [1.82, 2.24) is 0 Å². The van der Waals surface area contributed by atoms with E-state index >= 15 is 0 Å². The quantitative estimate of drug-likeness (QED) is 0.834. The highest BCUT2D eigenvalue weighted by Gasteiger charge is 2.33. The lowest BCUT2D eigenvalue weighted by Gasteiger charge is -2.30. The van der Waals surface area contributed by atoms with Gasteiger partial charge in [0.1, 0.15) is 11.9 Å². The fourth-order valence-corrected chi connectivity index (χ4v) is 2.23. The van der Waals surface area contributed by atoms with Crippen LogP contribution in [0.4, 0.5) is 0 Å². The Kier molecular flexibility index (Phi) is 3.33. The van der Waals surface area contributed by atoms with E-state index in [9.17, 15) is 4.79 Å². The maximum atomic E-state index is 11.2. The first kappa shape index (κ1) is 11.9. The summed E-state index contributed by atoms with van der Waals surface area (Å²) in [5.41, 5.74) is 7.54. The van der Waals surface area contributed by atoms with Crippen LogP contribution in [0, 0.1) is 5.92 Å². The fraction of sp³-hybridized carbons (Fsp3) is 0.462. The molecule has 0 saturated carbocycles. The van der Waals surface area contributed by atoms with Gasteiger partial charge in [-0.2, -0.15) is 0 Å². The van der Waals surface area contributed by atoms with Gasteiger partial charge in [-0.1, -0.05) is 19.1 Å². The van der Waals surface area contributed by atoms with E-state index in [4.69, 9.17) is 15.6 Å². The second-order valence-corrected chi connectivity index (χ2v) is 4.36. The van der Waals surface area contributed by atoms with Crippen LogP contribution in [-0.4, -0.2) is 17.2 Å². The fourth-order valence-electron chi connectivity index (χ4n) is 2.23. The van der Waals surface area contributed by atoms with E-state index in [1.165, 1.54) is 0 Å². The minimum atomic E-state index is -0.787. The molecule has 1 aliphatic heterocycles. The third kappa shape index (κ3) is 2.26. The Hall–Kier alpha value is -1.55. The molecule has 0 aliphatic carbocycles. The highest BCUT2D eigenvalue weighted by molar-refractivity contribution is 5.72. The summed E-state index contributed by atoms with van der Waals surface area (Å²) in [7, 11) is 0. The minimum Gasteiger partial charge on any atom is -0.489 e. The van der Waals surface area contributed by atoms with Crippen molar-refractivity contribution in [2.24, 2.45) is 11.7 Å². The predicted molar refractivity (Wildman–Crippen MR) is 63.9 cm³/mol. The van der Waals surface area contributed by atoms with Gasteiger partial charge in [-0.05, 0) is 30.0 Å². The smallest absolute Gasteiger partial charge is 0.310 e. The van der Waals surface area contributed by atoms with E-state index in [0.717, 1.165) is 16.9 Å². The van der Waals surface area contributed by atoms with Crippen LogP contribution in [0.5, 0.6) is 5.75 Å². The van der Waals surface area contributed by atoms with Crippen LogP contribution in [0.3, 0.4) is 0 Å². The third-order valence-electron chi connectivity index (χ3n) is 3.25. The Bertz CT molecular complexity index is 431. The van der Waals surface area contributed by atoms with Gasteiger partial charge in [0.2, 0.25) is 0 Å². The first-order valence-electron chi connectivity index (χ1n) is 5.87. The molecule has 0 radical (unpaired) electrons. The Morgan fingerprint density at radius 1 is 1.59 bits per heavy atom. The van der Waals surface area contributed by atoms with E-state index in [-0.39, 0.29) is 6.10 Å². The summed E-state index contributed by atoms with van der Waals surface area (Å²) in [6, 6.07) is 5.75. The first-order valence-corrected chi connectivity index (χ1v) is 5.87. The zero-order valence-electron chi connectivity index (χ0n) is 9.85. The number of rotatable bonds is 3. The number of carboxylic acids is 1. The molecule has 4 nitrogen and oxygen atoms in total. The summed E-state index contributed by atoms with van der Waals surface area (Å²) in [5.74, 6) is -0.445. The molecular formula is C13H17NO3. The molecule has 1 heterocycles. The van der Waals surface area contributed by atoms with Crippen molar-refractivity contribution in [2.45, 2.75) is 32.4 Å². The van der Waals surface area contributed by atoms with Gasteiger partial charge in [0.05, 0.1) is 5.92 Å². The van der Waals surface area contributed by atoms with Crippen LogP contribution in [0.1, 0.15) is 24.5 Å². The second-order valence-electron chi connectivity index (χ2n) is 4.36. The van der Waals surface area contributed by atoms with Crippen LogP contribution >= 0.6 is 0 Å². The van der Waals surface area contributed by atoms with E-state index in [1.54, 1.807) is 0 Å². The lowest BCUT2D eigenvalue weighted by molar-refractivity contribution is -0.145. The number of hydrogen-bond donors (Lipinski definition) is 2. The molecule has 2 rings (SSSR count). The highest BCUT2D eigenvalue weighted by Crippen LogP contribution is 2.33. The maximum absolute atomic E-state index is 11.2. The zero-order valence-corrected chi connectivity index (χ0v) is 9.85. The summed E-state index contributed by atoms with van der Waals surface area (Å²) in [5, 5.41) is 9.17. The largest absolute Gasteiger partial charge is 0.489 e. The molecule has 0 bridgehead atoms. The molecule has 92 valence electrons. The number of fused-ring (bicyclic) bond motifs is 1. The van der Waals surface area contributed by atoms with E-state index < -0.39 is 11.9 Å². The van der Waals surface area contributed by atoms with E-state index in [0.29, 0.717) is 19.4 Å². The molecule has 0 saturated heterocycles. The topological polar surface area (TPSA) is 72.5 Å². The van der Waals surface area contributed by atoms with Crippen molar-refractivity contribution in [2.75, 3.05) is 0 Å². The van der Waals surface area contributed by atoms with Crippen molar-refractivity contribution < 1.29 is 14.6 Å². The second kappa shape index (κ2) is 4.75. The molecule has 2 unspecified atom stereocenters. The third-order valence-corrected chi connectivity index (χ3v) is 3.25. The summed E-state index contributed by atoms with van der Waals surface area (Å²) >= 11 is 0. The SMILES string of the molecule is CCC1Oc2cc(CN)ccc2CC1C(=O)O. The number of carbonyl (C=O) groups is 1. The van der Waals surface area contributed by atoms with Crippen LogP contribution in [-0.2, 0) is 17.8 Å². The van der Waals surface area contributed by atoms with Crippen LogP contribution < -0.4 is 10.5 Å².